The van der Waals surface area contributed by atoms with Gasteiger partial charge in [-0.15, -0.1) is 0 Å². The molecule has 11 nitrogen and oxygen atoms in total. The molecule has 0 spiro atoms. The van der Waals surface area contributed by atoms with E-state index in [9.17, 15) is 24.0 Å². The van der Waals surface area contributed by atoms with Crippen molar-refractivity contribution in [2.45, 2.75) is 76.7 Å². The van der Waals surface area contributed by atoms with Crippen LogP contribution in [-0.4, -0.2) is 115 Å². The Balaban J connectivity index is 1.58. The Morgan fingerprint density at radius 3 is 2.54 bits per heavy atom. The first kappa shape index (κ1) is 27.1. The first-order valence-corrected chi connectivity index (χ1v) is 12.5. The predicted molar refractivity (Wildman–Crippen MR) is 125 cm³/mol. The average Bonchev–Trinajstić information content (AvgIpc) is 3.49. The Bertz CT molecular complexity index is 822. The number of esters is 1. The van der Waals surface area contributed by atoms with E-state index >= 15 is 0 Å². The fourth-order valence-corrected chi connectivity index (χ4v) is 5.09. The van der Waals surface area contributed by atoms with Crippen LogP contribution < -0.4 is 5.32 Å². The third-order valence-corrected chi connectivity index (χ3v) is 7.11. The Morgan fingerprint density at radius 1 is 1.11 bits per heavy atom. The molecule has 11 heteroatoms. The number of rotatable bonds is 8. The van der Waals surface area contributed by atoms with Gasteiger partial charge < -0.3 is 34.3 Å². The molecule has 196 valence electrons. The van der Waals surface area contributed by atoms with Crippen LogP contribution in [0.2, 0.25) is 0 Å². The van der Waals surface area contributed by atoms with Crippen molar-refractivity contribution in [1.29, 1.82) is 0 Å². The molecular weight excluding hydrogens is 456 g/mol. The molecule has 6 atom stereocenters. The number of hydrogen-bond acceptors (Lipinski definition) is 8. The van der Waals surface area contributed by atoms with Gasteiger partial charge in [-0.3, -0.25) is 14.4 Å². The summed E-state index contributed by atoms with van der Waals surface area (Å²) in [6, 6.07) is -2.35. The van der Waals surface area contributed by atoms with Gasteiger partial charge in [0, 0.05) is 19.6 Å². The van der Waals surface area contributed by atoms with E-state index in [2.05, 4.69) is 5.32 Å². The van der Waals surface area contributed by atoms with E-state index in [1.165, 1.54) is 9.80 Å². The van der Waals surface area contributed by atoms with E-state index in [0.29, 0.717) is 51.8 Å². The maximum Gasteiger partial charge on any atom is 0.329 e. The zero-order valence-electron chi connectivity index (χ0n) is 21.1. The Morgan fingerprint density at radius 2 is 1.86 bits per heavy atom. The highest BCUT2D eigenvalue weighted by molar-refractivity contribution is 5.90. The molecule has 35 heavy (non-hydrogen) atoms. The lowest BCUT2D eigenvalue weighted by atomic mass is 10.1. The van der Waals surface area contributed by atoms with Crippen molar-refractivity contribution in [3.8, 4) is 0 Å². The van der Waals surface area contributed by atoms with Crippen molar-refractivity contribution in [3.05, 3.63) is 0 Å². The lowest BCUT2D eigenvalue weighted by molar-refractivity contribution is -0.160. The van der Waals surface area contributed by atoms with Gasteiger partial charge in [-0.2, -0.15) is 0 Å². The summed E-state index contributed by atoms with van der Waals surface area (Å²) in [6.45, 7) is 7.14. The number of nitrogens with one attached hydrogen (secondary N) is 1. The second-order valence-corrected chi connectivity index (χ2v) is 9.86. The molecule has 3 amide bonds. The van der Waals surface area contributed by atoms with Gasteiger partial charge in [0.1, 0.15) is 30.5 Å². The molecule has 3 aliphatic heterocycles. The molecule has 3 rings (SSSR count). The van der Waals surface area contributed by atoms with Crippen LogP contribution in [0.15, 0.2) is 0 Å². The van der Waals surface area contributed by atoms with Gasteiger partial charge in [0.25, 0.3) is 0 Å². The molecular formula is C24H38N4O7. The van der Waals surface area contributed by atoms with E-state index in [4.69, 9.17) is 9.47 Å². The zero-order chi connectivity index (χ0) is 25.7. The zero-order valence-corrected chi connectivity index (χ0v) is 21.1. The van der Waals surface area contributed by atoms with Crippen molar-refractivity contribution in [2.24, 2.45) is 5.92 Å². The number of nitrogens with zero attached hydrogens (tertiary/aromatic N) is 3. The standard InChI is InChI=1S/C24H38N4O7/c1-15-10-20(28(12-15)22(31)17(3)25-4)24(33)35-16(2)11-21(30)27-7-5-6-19(27)23(32)26-8-9-34-14-18(26)13-29/h13,15-20,25H,5-12,14H2,1-4H3. The molecule has 3 heterocycles. The minimum absolute atomic E-state index is 0.0567. The van der Waals surface area contributed by atoms with Crippen LogP contribution in [-0.2, 0) is 33.4 Å². The number of ether oxygens (including phenoxy) is 2. The van der Waals surface area contributed by atoms with E-state index in [1.807, 2.05) is 6.92 Å². The van der Waals surface area contributed by atoms with Gasteiger partial charge in [-0.1, -0.05) is 6.92 Å². The van der Waals surface area contributed by atoms with Crippen LogP contribution in [0, 0.1) is 5.92 Å². The summed E-state index contributed by atoms with van der Waals surface area (Å²) in [5, 5.41) is 2.91. The normalized spacial score (nSPS) is 28.5. The minimum atomic E-state index is -0.702. The summed E-state index contributed by atoms with van der Waals surface area (Å²) in [5.41, 5.74) is 0. The number of morpholine rings is 1. The van der Waals surface area contributed by atoms with Crippen LogP contribution in [0.3, 0.4) is 0 Å². The van der Waals surface area contributed by atoms with Crippen LogP contribution >= 0.6 is 0 Å². The summed E-state index contributed by atoms with van der Waals surface area (Å²) in [6.07, 6.45) is 1.68. The first-order chi connectivity index (χ1) is 16.7. The fraction of sp³-hybridized carbons (Fsp3) is 0.792. The van der Waals surface area contributed by atoms with E-state index in [-0.39, 0.29) is 36.7 Å². The van der Waals surface area contributed by atoms with Gasteiger partial charge in [0.15, 0.2) is 0 Å². The third-order valence-electron chi connectivity index (χ3n) is 7.11. The minimum Gasteiger partial charge on any atom is -0.461 e. The average molecular weight is 495 g/mol. The lowest BCUT2D eigenvalue weighted by Crippen LogP contribution is -2.56. The number of aldehydes is 1. The largest absolute Gasteiger partial charge is 0.461 e. The van der Waals surface area contributed by atoms with Crippen molar-refractivity contribution in [2.75, 3.05) is 39.9 Å². The van der Waals surface area contributed by atoms with Gasteiger partial charge >= 0.3 is 5.97 Å². The van der Waals surface area contributed by atoms with Crippen LogP contribution in [0.5, 0.6) is 0 Å². The molecule has 0 aromatic rings. The quantitative estimate of drug-likeness (QED) is 0.356. The molecule has 3 saturated heterocycles. The van der Waals surface area contributed by atoms with Crippen LogP contribution in [0.25, 0.3) is 0 Å². The molecule has 1 N–H and O–H groups in total. The summed E-state index contributed by atoms with van der Waals surface area (Å²) < 4.78 is 10.9. The molecule has 3 fully saturated rings. The van der Waals surface area contributed by atoms with E-state index < -0.39 is 36.2 Å². The van der Waals surface area contributed by atoms with Gasteiger partial charge in [0.05, 0.1) is 25.7 Å². The van der Waals surface area contributed by atoms with E-state index in [1.54, 1.807) is 25.8 Å². The smallest absolute Gasteiger partial charge is 0.329 e. The molecule has 0 radical (unpaired) electrons. The number of hydrogen-bond donors (Lipinski definition) is 1. The fourth-order valence-electron chi connectivity index (χ4n) is 5.09. The first-order valence-electron chi connectivity index (χ1n) is 12.5. The topological polar surface area (TPSA) is 126 Å². The monoisotopic (exact) mass is 494 g/mol. The number of carbonyl (C=O) groups excluding carboxylic acids is 5. The van der Waals surface area contributed by atoms with E-state index in [0.717, 1.165) is 0 Å². The van der Waals surface area contributed by atoms with Crippen LogP contribution in [0.4, 0.5) is 0 Å². The predicted octanol–water partition coefficient (Wildman–Crippen LogP) is -0.430. The molecule has 0 aromatic carbocycles. The molecule has 0 aromatic heterocycles. The highest BCUT2D eigenvalue weighted by Gasteiger charge is 2.42. The van der Waals surface area contributed by atoms with Crippen molar-refractivity contribution < 1.29 is 33.4 Å². The number of amides is 3. The van der Waals surface area contributed by atoms with Crippen molar-refractivity contribution in [3.63, 3.8) is 0 Å². The second-order valence-electron chi connectivity index (χ2n) is 9.86. The summed E-state index contributed by atoms with van der Waals surface area (Å²) in [5.74, 6) is -1.01. The summed E-state index contributed by atoms with van der Waals surface area (Å²) >= 11 is 0. The van der Waals surface area contributed by atoms with Gasteiger partial charge in [-0.25, -0.2) is 4.79 Å². The van der Waals surface area contributed by atoms with Crippen molar-refractivity contribution in [1.82, 2.24) is 20.0 Å². The van der Waals surface area contributed by atoms with Crippen LogP contribution in [0.1, 0.15) is 46.5 Å². The SMILES string of the molecule is CNC(C)C(=O)N1CC(C)CC1C(=O)OC(C)CC(=O)N1CCCC1C(=O)N1CCOCC1C=O. The second kappa shape index (κ2) is 11.9. The highest BCUT2D eigenvalue weighted by atomic mass is 16.5. The molecule has 3 aliphatic rings. The molecule has 0 aliphatic carbocycles. The van der Waals surface area contributed by atoms with Crippen molar-refractivity contribution >= 4 is 30.0 Å². The summed E-state index contributed by atoms with van der Waals surface area (Å²) in [4.78, 5) is 67.7. The Kier molecular flexibility index (Phi) is 9.23. The van der Waals surface area contributed by atoms with Gasteiger partial charge in [-0.05, 0) is 46.1 Å². The summed E-state index contributed by atoms with van der Waals surface area (Å²) in [7, 11) is 1.69. The highest BCUT2D eigenvalue weighted by Crippen LogP contribution is 2.26. The lowest BCUT2D eigenvalue weighted by Gasteiger charge is -2.36. The third kappa shape index (κ3) is 6.19. The maximum absolute atomic E-state index is 13.1. The Labute approximate surface area is 206 Å². The molecule has 0 saturated carbocycles. The number of likely N-dealkylation sites (tertiary alicyclic amines) is 2. The Hall–Kier alpha value is -2.53. The number of likely N-dealkylation sites (N-methyl/N-ethyl adjacent to an activating group) is 1. The number of carbonyl (C=O) groups is 5. The molecule has 6 unspecified atom stereocenters. The van der Waals surface area contributed by atoms with Gasteiger partial charge in [0.2, 0.25) is 17.7 Å². The maximum atomic E-state index is 13.1. The molecule has 0 bridgehead atoms.